The van der Waals surface area contributed by atoms with Crippen molar-refractivity contribution < 1.29 is 19.1 Å². The fourth-order valence-electron chi connectivity index (χ4n) is 3.06. The summed E-state index contributed by atoms with van der Waals surface area (Å²) in [6, 6.07) is 11.8. The third-order valence-corrected chi connectivity index (χ3v) is 5.01. The molecule has 0 aromatic heterocycles. The summed E-state index contributed by atoms with van der Waals surface area (Å²) in [7, 11) is 1.31. The molecule has 2 aromatic rings. The van der Waals surface area contributed by atoms with Crippen LogP contribution in [0.25, 0.3) is 0 Å². The molecular formula is C20H19ClN2O4. The van der Waals surface area contributed by atoms with E-state index < -0.39 is 11.9 Å². The van der Waals surface area contributed by atoms with Gasteiger partial charge >= 0.3 is 5.97 Å². The highest BCUT2D eigenvalue weighted by atomic mass is 35.5. The molecule has 6 nitrogen and oxygen atoms in total. The van der Waals surface area contributed by atoms with Crippen molar-refractivity contribution in [2.45, 2.75) is 13.3 Å². The average molecular weight is 387 g/mol. The van der Waals surface area contributed by atoms with E-state index in [0.29, 0.717) is 22.8 Å². The van der Waals surface area contributed by atoms with Crippen LogP contribution in [0.5, 0.6) is 0 Å². The molecule has 1 saturated heterocycles. The van der Waals surface area contributed by atoms with E-state index in [1.165, 1.54) is 7.11 Å². The van der Waals surface area contributed by atoms with Gasteiger partial charge < -0.3 is 15.0 Å². The van der Waals surface area contributed by atoms with Crippen molar-refractivity contribution in [1.29, 1.82) is 0 Å². The van der Waals surface area contributed by atoms with Gasteiger partial charge in [0.25, 0.3) is 0 Å². The molecule has 1 aliphatic heterocycles. The topological polar surface area (TPSA) is 75.7 Å². The van der Waals surface area contributed by atoms with Gasteiger partial charge in [0.2, 0.25) is 11.8 Å². The van der Waals surface area contributed by atoms with Crippen LogP contribution in [-0.2, 0) is 14.3 Å². The summed E-state index contributed by atoms with van der Waals surface area (Å²) in [5, 5.41) is 3.37. The molecule has 3 rings (SSSR count). The van der Waals surface area contributed by atoms with E-state index in [1.807, 2.05) is 13.0 Å². The van der Waals surface area contributed by atoms with Crippen LogP contribution in [0.2, 0.25) is 5.02 Å². The number of methoxy groups -OCH3 is 1. The first kappa shape index (κ1) is 18.9. The van der Waals surface area contributed by atoms with Crippen LogP contribution < -0.4 is 10.2 Å². The maximum absolute atomic E-state index is 12.6. The summed E-state index contributed by atoms with van der Waals surface area (Å²) in [6.07, 6.45) is 0.137. The molecule has 27 heavy (non-hydrogen) atoms. The number of rotatable bonds is 4. The van der Waals surface area contributed by atoms with Crippen LogP contribution in [0.1, 0.15) is 22.3 Å². The van der Waals surface area contributed by atoms with Crippen LogP contribution in [0.15, 0.2) is 42.5 Å². The van der Waals surface area contributed by atoms with Gasteiger partial charge in [0.1, 0.15) is 0 Å². The standard InChI is InChI=1S/C20H19ClN2O4/c1-12-16(21)4-3-5-17(12)23-11-14(10-18(23)24)19(25)22-15-8-6-13(7-9-15)20(26)27-2/h3-9,14H,10-11H2,1-2H3,(H,22,25). The number of amides is 2. The normalized spacial score (nSPS) is 16.3. The van der Waals surface area contributed by atoms with Crippen LogP contribution in [0.4, 0.5) is 11.4 Å². The molecule has 1 heterocycles. The van der Waals surface area contributed by atoms with Gasteiger partial charge in [-0.25, -0.2) is 4.79 Å². The predicted molar refractivity (Wildman–Crippen MR) is 103 cm³/mol. The molecule has 1 fully saturated rings. The maximum Gasteiger partial charge on any atom is 0.337 e. The van der Waals surface area contributed by atoms with Gasteiger partial charge in [-0.15, -0.1) is 0 Å². The summed E-state index contributed by atoms with van der Waals surface area (Å²) in [5.74, 6) is -1.25. The minimum Gasteiger partial charge on any atom is -0.465 e. The molecule has 1 atom stereocenters. The smallest absolute Gasteiger partial charge is 0.337 e. The van der Waals surface area contributed by atoms with Gasteiger partial charge in [0, 0.05) is 29.4 Å². The second kappa shape index (κ2) is 7.80. The lowest BCUT2D eigenvalue weighted by atomic mass is 10.1. The van der Waals surface area contributed by atoms with E-state index in [4.69, 9.17) is 11.6 Å². The molecular weight excluding hydrogens is 368 g/mol. The Morgan fingerprint density at radius 2 is 1.89 bits per heavy atom. The lowest BCUT2D eigenvalue weighted by molar-refractivity contribution is -0.122. The number of benzene rings is 2. The number of hydrogen-bond donors (Lipinski definition) is 1. The van der Waals surface area contributed by atoms with Gasteiger partial charge in [-0.3, -0.25) is 9.59 Å². The average Bonchev–Trinajstić information content (AvgIpc) is 3.05. The van der Waals surface area contributed by atoms with E-state index in [0.717, 1.165) is 11.3 Å². The number of esters is 1. The first-order chi connectivity index (χ1) is 12.9. The number of anilines is 2. The van der Waals surface area contributed by atoms with E-state index in [9.17, 15) is 14.4 Å². The first-order valence-electron chi connectivity index (χ1n) is 8.45. The largest absolute Gasteiger partial charge is 0.465 e. The fraction of sp³-hybridized carbons (Fsp3) is 0.250. The maximum atomic E-state index is 12.6. The highest BCUT2D eigenvalue weighted by molar-refractivity contribution is 6.31. The Bertz CT molecular complexity index is 895. The van der Waals surface area contributed by atoms with E-state index >= 15 is 0 Å². The van der Waals surface area contributed by atoms with Crippen molar-refractivity contribution in [3.8, 4) is 0 Å². The third-order valence-electron chi connectivity index (χ3n) is 4.60. The Hall–Kier alpha value is -2.86. The van der Waals surface area contributed by atoms with E-state index in [-0.39, 0.29) is 18.2 Å². The molecule has 0 aliphatic carbocycles. The Balaban J connectivity index is 1.69. The number of nitrogens with one attached hydrogen (secondary N) is 1. The van der Waals surface area contributed by atoms with Crippen molar-refractivity contribution in [2.24, 2.45) is 5.92 Å². The number of nitrogens with zero attached hydrogens (tertiary/aromatic N) is 1. The zero-order chi connectivity index (χ0) is 19.6. The Morgan fingerprint density at radius 3 is 2.56 bits per heavy atom. The summed E-state index contributed by atoms with van der Waals surface area (Å²) in [5.41, 5.74) is 2.49. The van der Waals surface area contributed by atoms with Crippen LogP contribution in [0, 0.1) is 12.8 Å². The van der Waals surface area contributed by atoms with Crippen molar-refractivity contribution in [3.05, 3.63) is 58.6 Å². The van der Waals surface area contributed by atoms with Crippen LogP contribution >= 0.6 is 11.6 Å². The van der Waals surface area contributed by atoms with Crippen molar-refractivity contribution in [2.75, 3.05) is 23.9 Å². The summed E-state index contributed by atoms with van der Waals surface area (Å²) in [4.78, 5) is 38.0. The minimum atomic E-state index is -0.462. The summed E-state index contributed by atoms with van der Waals surface area (Å²) < 4.78 is 4.64. The van der Waals surface area contributed by atoms with Crippen LogP contribution in [0.3, 0.4) is 0 Å². The molecule has 1 N–H and O–H groups in total. The monoisotopic (exact) mass is 386 g/mol. The van der Waals surface area contributed by atoms with Gasteiger partial charge in [-0.05, 0) is 48.9 Å². The first-order valence-corrected chi connectivity index (χ1v) is 8.83. The van der Waals surface area contributed by atoms with Gasteiger partial charge in [0.15, 0.2) is 0 Å². The molecule has 1 unspecified atom stereocenters. The zero-order valence-electron chi connectivity index (χ0n) is 15.0. The lowest BCUT2D eigenvalue weighted by Gasteiger charge is -2.19. The molecule has 0 saturated carbocycles. The van der Waals surface area contributed by atoms with Gasteiger partial charge in [-0.1, -0.05) is 17.7 Å². The number of carbonyl (C=O) groups is 3. The third kappa shape index (κ3) is 3.95. The van der Waals surface area contributed by atoms with Crippen LogP contribution in [-0.4, -0.2) is 31.4 Å². The summed E-state index contributed by atoms with van der Waals surface area (Å²) in [6.45, 7) is 2.15. The van der Waals surface area contributed by atoms with E-state index in [2.05, 4.69) is 10.1 Å². The van der Waals surface area contributed by atoms with Gasteiger partial charge in [0.05, 0.1) is 18.6 Å². The number of hydrogen-bond acceptors (Lipinski definition) is 4. The quantitative estimate of drug-likeness (QED) is 0.817. The minimum absolute atomic E-state index is 0.110. The number of ether oxygens (including phenoxy) is 1. The van der Waals surface area contributed by atoms with Crippen molar-refractivity contribution in [1.82, 2.24) is 0 Å². The Kier molecular flexibility index (Phi) is 5.46. The molecule has 2 aromatic carbocycles. The molecule has 0 radical (unpaired) electrons. The fourth-order valence-corrected chi connectivity index (χ4v) is 3.23. The highest BCUT2D eigenvalue weighted by Crippen LogP contribution is 2.31. The van der Waals surface area contributed by atoms with Gasteiger partial charge in [-0.2, -0.15) is 0 Å². The SMILES string of the molecule is COC(=O)c1ccc(NC(=O)C2CC(=O)N(c3cccc(Cl)c3C)C2)cc1. The molecule has 0 spiro atoms. The van der Waals surface area contributed by atoms with Crippen molar-refractivity contribution in [3.63, 3.8) is 0 Å². The predicted octanol–water partition coefficient (Wildman–Crippen LogP) is 3.43. The molecule has 0 bridgehead atoms. The van der Waals surface area contributed by atoms with E-state index in [1.54, 1.807) is 41.3 Å². The summed E-state index contributed by atoms with van der Waals surface area (Å²) >= 11 is 6.14. The lowest BCUT2D eigenvalue weighted by Crippen LogP contribution is -2.28. The highest BCUT2D eigenvalue weighted by Gasteiger charge is 2.35. The molecule has 140 valence electrons. The Labute approximate surface area is 162 Å². The number of carbonyl (C=O) groups excluding carboxylic acids is 3. The molecule has 1 aliphatic rings. The second-order valence-electron chi connectivity index (χ2n) is 6.35. The molecule has 2 amide bonds. The Morgan fingerprint density at radius 1 is 1.19 bits per heavy atom. The number of halogens is 1. The zero-order valence-corrected chi connectivity index (χ0v) is 15.7. The molecule has 7 heteroatoms. The second-order valence-corrected chi connectivity index (χ2v) is 6.75. The van der Waals surface area contributed by atoms with Crippen molar-refractivity contribution >= 4 is 40.8 Å².